The number of halogens is 3. The van der Waals surface area contributed by atoms with Gasteiger partial charge in [0.05, 0.1) is 23.3 Å². The summed E-state index contributed by atoms with van der Waals surface area (Å²) < 4.78 is 56.0. The number of nitrogens with zero attached hydrogens (tertiary/aromatic N) is 1. The first-order valence-corrected chi connectivity index (χ1v) is 13.6. The Hall–Kier alpha value is -2.85. The molecular weight excluding hydrogens is 544 g/mol. The molecule has 0 bridgehead atoms. The van der Waals surface area contributed by atoms with E-state index in [0.717, 1.165) is 12.8 Å². The van der Waals surface area contributed by atoms with E-state index in [4.69, 9.17) is 36.9 Å². The highest BCUT2D eigenvalue weighted by Crippen LogP contribution is 2.33. The number of carbonyl (C=O) groups excluding carboxylic acids is 1. The topological polar surface area (TPSA) is 82.1 Å². The minimum atomic E-state index is -4.28. The summed E-state index contributed by atoms with van der Waals surface area (Å²) in [5.74, 6) is -0.789. The third-order valence-electron chi connectivity index (χ3n) is 5.79. The Morgan fingerprint density at radius 3 is 2.57 bits per heavy atom. The van der Waals surface area contributed by atoms with E-state index in [-0.39, 0.29) is 50.6 Å². The Morgan fingerprint density at radius 2 is 1.89 bits per heavy atom. The first-order chi connectivity index (χ1) is 17.7. The summed E-state index contributed by atoms with van der Waals surface area (Å²) in [6.45, 7) is 1.00. The molecule has 1 fully saturated rings. The van der Waals surface area contributed by atoms with E-state index >= 15 is 0 Å². The highest BCUT2D eigenvalue weighted by atomic mass is 35.5. The lowest BCUT2D eigenvalue weighted by Gasteiger charge is -2.26. The molecule has 3 aromatic rings. The normalized spacial score (nSPS) is 15.4. The van der Waals surface area contributed by atoms with Crippen molar-refractivity contribution in [3.63, 3.8) is 0 Å². The van der Waals surface area contributed by atoms with Crippen molar-refractivity contribution < 1.29 is 31.3 Å². The second kappa shape index (κ2) is 11.7. The van der Waals surface area contributed by atoms with Crippen molar-refractivity contribution in [2.45, 2.75) is 30.4 Å². The number of benzene rings is 3. The van der Waals surface area contributed by atoms with E-state index in [0.29, 0.717) is 18.7 Å². The van der Waals surface area contributed by atoms with E-state index < -0.39 is 15.9 Å². The minimum absolute atomic E-state index is 0.0627. The van der Waals surface area contributed by atoms with Gasteiger partial charge in [-0.15, -0.1) is 0 Å². The fourth-order valence-electron chi connectivity index (χ4n) is 3.96. The van der Waals surface area contributed by atoms with Crippen molar-refractivity contribution in [1.82, 2.24) is 4.90 Å². The fraction of sp³-hybridized carbons (Fsp3) is 0.269. The van der Waals surface area contributed by atoms with Gasteiger partial charge in [0, 0.05) is 25.3 Å². The predicted molar refractivity (Wildman–Crippen MR) is 137 cm³/mol. The van der Waals surface area contributed by atoms with Crippen LogP contribution in [0.25, 0.3) is 0 Å². The Balaban J connectivity index is 1.62. The maximum Gasteiger partial charge on any atom is 0.339 e. The van der Waals surface area contributed by atoms with Gasteiger partial charge < -0.3 is 18.6 Å². The third-order valence-corrected chi connectivity index (χ3v) is 7.76. The summed E-state index contributed by atoms with van der Waals surface area (Å²) in [5.41, 5.74) is 0.771. The van der Waals surface area contributed by atoms with Gasteiger partial charge in [0.25, 0.3) is 5.91 Å². The molecule has 0 N–H and O–H groups in total. The van der Waals surface area contributed by atoms with Crippen molar-refractivity contribution >= 4 is 39.2 Å². The van der Waals surface area contributed by atoms with Gasteiger partial charge in [-0.05, 0) is 66.9 Å². The highest BCUT2D eigenvalue weighted by Gasteiger charge is 2.25. The summed E-state index contributed by atoms with van der Waals surface area (Å²) >= 11 is 11.9. The van der Waals surface area contributed by atoms with Gasteiger partial charge in [-0.25, -0.2) is 4.39 Å². The van der Waals surface area contributed by atoms with Gasteiger partial charge in [0.2, 0.25) is 0 Å². The molecule has 1 heterocycles. The van der Waals surface area contributed by atoms with Crippen molar-refractivity contribution in [3.8, 4) is 11.5 Å². The van der Waals surface area contributed by atoms with E-state index in [1.54, 1.807) is 23.1 Å². The van der Waals surface area contributed by atoms with Crippen LogP contribution in [0.15, 0.2) is 65.6 Å². The summed E-state index contributed by atoms with van der Waals surface area (Å²) in [6.07, 6.45) is 1.53. The molecule has 1 amide bonds. The fourth-order valence-corrected chi connectivity index (χ4v) is 5.28. The van der Waals surface area contributed by atoms with Crippen molar-refractivity contribution in [1.29, 1.82) is 0 Å². The number of ether oxygens (including phenoxy) is 2. The van der Waals surface area contributed by atoms with Crippen molar-refractivity contribution in [2.24, 2.45) is 0 Å². The highest BCUT2D eigenvalue weighted by molar-refractivity contribution is 7.87. The molecule has 11 heteroatoms. The number of hydrogen-bond acceptors (Lipinski definition) is 6. The quantitative estimate of drug-likeness (QED) is 0.307. The molecule has 1 atom stereocenters. The van der Waals surface area contributed by atoms with E-state index in [2.05, 4.69) is 0 Å². The molecule has 4 rings (SSSR count). The zero-order valence-electron chi connectivity index (χ0n) is 19.8. The second-order valence-corrected chi connectivity index (χ2v) is 10.8. The lowest BCUT2D eigenvalue weighted by atomic mass is 10.1. The predicted octanol–water partition coefficient (Wildman–Crippen LogP) is 5.73. The van der Waals surface area contributed by atoms with Crippen molar-refractivity contribution in [2.75, 3.05) is 20.3 Å². The summed E-state index contributed by atoms with van der Waals surface area (Å²) in [6, 6.07) is 14.0. The third kappa shape index (κ3) is 6.73. The average Bonchev–Trinajstić information content (AvgIpc) is 3.38. The molecule has 0 saturated carbocycles. The van der Waals surface area contributed by atoms with Gasteiger partial charge in [0.1, 0.15) is 10.7 Å². The Kier molecular flexibility index (Phi) is 8.59. The lowest BCUT2D eigenvalue weighted by molar-refractivity contribution is 0.0507. The standard InChI is InChI=1S/C26H24Cl2FNO6S/c1-34-24-10-7-17(12-25(24)36-37(32,33)21-8-9-22(27)23(28)14-21)15-30(16-20-6-3-11-35-20)26(31)18-4-2-5-19(29)13-18/h2,4-5,7-10,12-14,20H,3,6,11,15-16H2,1H3/t20-/m0/s1. The summed E-state index contributed by atoms with van der Waals surface area (Å²) in [5, 5.41) is 0.266. The van der Waals surface area contributed by atoms with Gasteiger partial charge in [-0.3, -0.25) is 4.79 Å². The minimum Gasteiger partial charge on any atom is -0.493 e. The molecule has 1 aliphatic rings. The smallest absolute Gasteiger partial charge is 0.339 e. The van der Waals surface area contributed by atoms with E-state index in [1.165, 1.54) is 49.6 Å². The van der Waals surface area contributed by atoms with Crippen LogP contribution in [0.1, 0.15) is 28.8 Å². The molecule has 0 aromatic heterocycles. The molecule has 196 valence electrons. The number of rotatable bonds is 9. The monoisotopic (exact) mass is 567 g/mol. The lowest BCUT2D eigenvalue weighted by Crippen LogP contribution is -2.37. The Morgan fingerprint density at radius 1 is 1.08 bits per heavy atom. The average molecular weight is 568 g/mol. The maximum absolute atomic E-state index is 13.8. The van der Waals surface area contributed by atoms with Crippen molar-refractivity contribution in [3.05, 3.63) is 87.7 Å². The molecule has 0 radical (unpaired) electrons. The van der Waals surface area contributed by atoms with Gasteiger partial charge >= 0.3 is 10.1 Å². The Bertz CT molecular complexity index is 1400. The molecule has 3 aromatic carbocycles. The summed E-state index contributed by atoms with van der Waals surface area (Å²) in [7, 11) is -2.90. The van der Waals surface area contributed by atoms with Gasteiger partial charge in [0.15, 0.2) is 11.5 Å². The Labute approximate surface area is 224 Å². The van der Waals surface area contributed by atoms with E-state index in [1.807, 2.05) is 0 Å². The van der Waals surface area contributed by atoms with Crippen LogP contribution in [0.5, 0.6) is 11.5 Å². The SMILES string of the molecule is COc1ccc(CN(C[C@@H]2CCCO2)C(=O)c2cccc(F)c2)cc1OS(=O)(=O)c1ccc(Cl)c(Cl)c1. The maximum atomic E-state index is 13.8. The second-order valence-electron chi connectivity index (χ2n) is 8.43. The first-order valence-electron chi connectivity index (χ1n) is 11.4. The zero-order valence-corrected chi connectivity index (χ0v) is 22.2. The van der Waals surface area contributed by atoms with Crippen LogP contribution in [0, 0.1) is 5.82 Å². The van der Waals surface area contributed by atoms with E-state index in [9.17, 15) is 17.6 Å². The molecule has 0 spiro atoms. The molecule has 37 heavy (non-hydrogen) atoms. The van der Waals surface area contributed by atoms with Crippen LogP contribution < -0.4 is 8.92 Å². The van der Waals surface area contributed by atoms with Crippen LogP contribution in [-0.2, 0) is 21.4 Å². The number of hydrogen-bond donors (Lipinski definition) is 0. The van der Waals surface area contributed by atoms with Crippen LogP contribution in [0.2, 0.25) is 10.0 Å². The summed E-state index contributed by atoms with van der Waals surface area (Å²) in [4.78, 5) is 14.7. The molecule has 7 nitrogen and oxygen atoms in total. The molecule has 0 unspecified atom stereocenters. The van der Waals surface area contributed by atoms with Crippen LogP contribution in [0.3, 0.4) is 0 Å². The molecule has 1 saturated heterocycles. The largest absolute Gasteiger partial charge is 0.493 e. The molecular formula is C26H24Cl2FNO6S. The number of carbonyl (C=O) groups is 1. The van der Waals surface area contributed by atoms with Crippen LogP contribution in [-0.4, -0.2) is 45.6 Å². The van der Waals surface area contributed by atoms with Crippen LogP contribution >= 0.6 is 23.2 Å². The zero-order chi connectivity index (χ0) is 26.6. The van der Waals surface area contributed by atoms with Gasteiger partial charge in [-0.1, -0.05) is 35.3 Å². The molecule has 0 aliphatic carbocycles. The number of methoxy groups -OCH3 is 1. The number of amides is 1. The first kappa shape index (κ1) is 27.2. The van der Waals surface area contributed by atoms with Gasteiger partial charge in [-0.2, -0.15) is 8.42 Å². The molecule has 1 aliphatic heterocycles. The van der Waals surface area contributed by atoms with Crippen LogP contribution in [0.4, 0.5) is 4.39 Å².